The van der Waals surface area contributed by atoms with E-state index in [1.165, 1.54) is 0 Å². The van der Waals surface area contributed by atoms with E-state index in [1.807, 2.05) is 18.7 Å². The number of piperazine rings is 1. The number of nitrogens with two attached hydrogens (primary N) is 1. The third kappa shape index (κ3) is 2.82. The molecule has 20 heavy (non-hydrogen) atoms. The average molecular weight is 279 g/mol. The van der Waals surface area contributed by atoms with Crippen LogP contribution in [0.2, 0.25) is 0 Å². The topological polar surface area (TPSA) is 84.5 Å². The smallest absolute Gasteiger partial charge is 0.274 e. The van der Waals surface area contributed by atoms with Crippen LogP contribution in [0.4, 0.5) is 0 Å². The number of carbonyl (C=O) groups is 2. The minimum atomic E-state index is -0.434. The highest BCUT2D eigenvalue weighted by molar-refractivity contribution is 5.93. The van der Waals surface area contributed by atoms with Crippen LogP contribution >= 0.6 is 0 Å². The third-order valence-electron chi connectivity index (χ3n) is 3.63. The van der Waals surface area contributed by atoms with Crippen LogP contribution in [0.3, 0.4) is 0 Å². The SMILES string of the molecule is CC(C)N1CCN(C(=O)c2ccn(C)n2)C[C@H]1C(N)=O. The summed E-state index contributed by atoms with van der Waals surface area (Å²) in [4.78, 5) is 27.6. The molecule has 1 aromatic heterocycles. The molecular formula is C13H21N5O2. The summed E-state index contributed by atoms with van der Waals surface area (Å²) < 4.78 is 1.59. The van der Waals surface area contributed by atoms with E-state index in [0.717, 1.165) is 0 Å². The van der Waals surface area contributed by atoms with E-state index < -0.39 is 11.9 Å². The minimum absolute atomic E-state index is 0.153. The number of aromatic nitrogens is 2. The Morgan fingerprint density at radius 2 is 2.10 bits per heavy atom. The standard InChI is InChI=1S/C13H21N5O2/c1-9(2)18-7-6-17(8-11(18)12(14)19)13(20)10-4-5-16(3)15-10/h4-5,9,11H,6-8H2,1-3H3,(H2,14,19)/t11-/m0/s1. The molecule has 0 spiro atoms. The number of hydrogen-bond donors (Lipinski definition) is 1. The molecule has 2 amide bonds. The predicted octanol–water partition coefficient (Wildman–Crippen LogP) is -0.560. The van der Waals surface area contributed by atoms with Crippen LogP contribution in [-0.2, 0) is 11.8 Å². The van der Waals surface area contributed by atoms with E-state index in [9.17, 15) is 9.59 Å². The van der Waals surface area contributed by atoms with Gasteiger partial charge in [-0.3, -0.25) is 19.2 Å². The quantitative estimate of drug-likeness (QED) is 0.804. The number of carbonyl (C=O) groups excluding carboxylic acids is 2. The molecule has 7 nitrogen and oxygen atoms in total. The molecule has 0 bridgehead atoms. The number of aryl methyl sites for hydroxylation is 1. The zero-order valence-corrected chi connectivity index (χ0v) is 12.1. The van der Waals surface area contributed by atoms with Crippen molar-refractivity contribution in [3.05, 3.63) is 18.0 Å². The fraction of sp³-hybridized carbons (Fsp3) is 0.615. The molecule has 0 aromatic carbocycles. The van der Waals surface area contributed by atoms with E-state index in [-0.39, 0.29) is 11.9 Å². The van der Waals surface area contributed by atoms with Gasteiger partial charge in [-0.15, -0.1) is 0 Å². The molecular weight excluding hydrogens is 258 g/mol. The molecule has 1 saturated heterocycles. The fourth-order valence-electron chi connectivity index (χ4n) is 2.54. The van der Waals surface area contributed by atoms with Crippen LogP contribution < -0.4 is 5.73 Å². The van der Waals surface area contributed by atoms with Crippen LogP contribution in [0, 0.1) is 0 Å². The first kappa shape index (κ1) is 14.5. The second-order valence-corrected chi connectivity index (χ2v) is 5.38. The van der Waals surface area contributed by atoms with Gasteiger partial charge in [0.25, 0.3) is 5.91 Å². The van der Waals surface area contributed by atoms with Crippen molar-refractivity contribution in [1.82, 2.24) is 19.6 Å². The van der Waals surface area contributed by atoms with Crippen LogP contribution in [0.15, 0.2) is 12.3 Å². The summed E-state index contributed by atoms with van der Waals surface area (Å²) >= 11 is 0. The first-order valence-corrected chi connectivity index (χ1v) is 6.74. The summed E-state index contributed by atoms with van der Waals surface area (Å²) in [5, 5.41) is 4.11. The molecule has 0 aliphatic carbocycles. The Bertz CT molecular complexity index is 511. The van der Waals surface area contributed by atoms with Gasteiger partial charge in [-0.25, -0.2) is 0 Å². The number of amides is 2. The van der Waals surface area contributed by atoms with Crippen LogP contribution in [0.25, 0.3) is 0 Å². The Labute approximate surface area is 118 Å². The maximum atomic E-state index is 12.3. The molecule has 2 heterocycles. The average Bonchev–Trinajstić information content (AvgIpc) is 2.83. The van der Waals surface area contributed by atoms with Gasteiger partial charge in [0, 0.05) is 38.9 Å². The van der Waals surface area contributed by atoms with Gasteiger partial charge >= 0.3 is 0 Å². The van der Waals surface area contributed by atoms with Gasteiger partial charge in [0.2, 0.25) is 5.91 Å². The largest absolute Gasteiger partial charge is 0.368 e. The third-order valence-corrected chi connectivity index (χ3v) is 3.63. The first-order chi connectivity index (χ1) is 9.40. The van der Waals surface area contributed by atoms with Crippen molar-refractivity contribution in [2.45, 2.75) is 25.9 Å². The van der Waals surface area contributed by atoms with Crippen molar-refractivity contribution in [3.63, 3.8) is 0 Å². The van der Waals surface area contributed by atoms with Crippen LogP contribution in [0.1, 0.15) is 24.3 Å². The lowest BCUT2D eigenvalue weighted by molar-refractivity contribution is -0.126. The fourth-order valence-corrected chi connectivity index (χ4v) is 2.54. The Balaban J connectivity index is 2.12. The van der Waals surface area contributed by atoms with Gasteiger partial charge in [-0.1, -0.05) is 0 Å². The molecule has 2 rings (SSSR count). The number of hydrogen-bond acceptors (Lipinski definition) is 4. The Hall–Kier alpha value is -1.89. The van der Waals surface area contributed by atoms with Crippen molar-refractivity contribution in [3.8, 4) is 0 Å². The van der Waals surface area contributed by atoms with Gasteiger partial charge in [0.15, 0.2) is 0 Å². The second-order valence-electron chi connectivity index (χ2n) is 5.38. The van der Waals surface area contributed by atoms with Crippen LogP contribution in [0.5, 0.6) is 0 Å². The van der Waals surface area contributed by atoms with E-state index in [1.54, 1.807) is 28.9 Å². The monoisotopic (exact) mass is 279 g/mol. The number of rotatable bonds is 3. The summed E-state index contributed by atoms with van der Waals surface area (Å²) in [6, 6.07) is 1.46. The van der Waals surface area contributed by atoms with E-state index >= 15 is 0 Å². The van der Waals surface area contributed by atoms with Gasteiger partial charge < -0.3 is 10.6 Å². The van der Waals surface area contributed by atoms with Gasteiger partial charge in [0.1, 0.15) is 11.7 Å². The molecule has 0 saturated carbocycles. The van der Waals surface area contributed by atoms with Crippen molar-refractivity contribution in [1.29, 1.82) is 0 Å². The lowest BCUT2D eigenvalue weighted by Gasteiger charge is -2.41. The van der Waals surface area contributed by atoms with E-state index in [2.05, 4.69) is 5.10 Å². The summed E-state index contributed by atoms with van der Waals surface area (Å²) in [6.45, 7) is 5.59. The molecule has 1 aliphatic rings. The highest BCUT2D eigenvalue weighted by Gasteiger charge is 2.34. The maximum absolute atomic E-state index is 12.3. The van der Waals surface area contributed by atoms with Crippen molar-refractivity contribution in [2.75, 3.05) is 19.6 Å². The number of primary amides is 1. The van der Waals surface area contributed by atoms with Crippen molar-refractivity contribution >= 4 is 11.8 Å². The van der Waals surface area contributed by atoms with Crippen LogP contribution in [-0.4, -0.2) is 63.1 Å². The zero-order valence-electron chi connectivity index (χ0n) is 12.1. The molecule has 0 unspecified atom stereocenters. The van der Waals surface area contributed by atoms with Gasteiger partial charge in [0.05, 0.1) is 0 Å². The number of nitrogens with zero attached hydrogens (tertiary/aromatic N) is 4. The molecule has 1 aromatic rings. The molecule has 1 atom stereocenters. The lowest BCUT2D eigenvalue weighted by Crippen LogP contribution is -2.61. The summed E-state index contributed by atoms with van der Waals surface area (Å²) in [5.41, 5.74) is 5.86. The Morgan fingerprint density at radius 1 is 1.40 bits per heavy atom. The Kier molecular flexibility index (Phi) is 4.08. The zero-order chi connectivity index (χ0) is 14.9. The first-order valence-electron chi connectivity index (χ1n) is 6.74. The maximum Gasteiger partial charge on any atom is 0.274 e. The highest BCUT2D eigenvalue weighted by atomic mass is 16.2. The molecule has 7 heteroatoms. The highest BCUT2D eigenvalue weighted by Crippen LogP contribution is 2.15. The molecule has 1 aliphatic heterocycles. The van der Waals surface area contributed by atoms with E-state index in [0.29, 0.717) is 25.3 Å². The summed E-state index contributed by atoms with van der Waals surface area (Å²) in [6.07, 6.45) is 1.73. The normalized spacial score (nSPS) is 20.4. The molecule has 110 valence electrons. The summed E-state index contributed by atoms with van der Waals surface area (Å²) in [5.74, 6) is -0.544. The molecule has 1 fully saturated rings. The Morgan fingerprint density at radius 3 is 2.60 bits per heavy atom. The van der Waals surface area contributed by atoms with Gasteiger partial charge in [-0.05, 0) is 19.9 Å². The van der Waals surface area contributed by atoms with Crippen molar-refractivity contribution in [2.24, 2.45) is 12.8 Å². The van der Waals surface area contributed by atoms with E-state index in [4.69, 9.17) is 5.73 Å². The second kappa shape index (κ2) is 5.62. The summed E-state index contributed by atoms with van der Waals surface area (Å²) in [7, 11) is 1.76. The minimum Gasteiger partial charge on any atom is -0.368 e. The molecule has 2 N–H and O–H groups in total. The van der Waals surface area contributed by atoms with Gasteiger partial charge in [-0.2, -0.15) is 5.10 Å². The predicted molar refractivity (Wildman–Crippen MR) is 73.9 cm³/mol. The molecule has 0 radical (unpaired) electrons. The van der Waals surface area contributed by atoms with Crippen molar-refractivity contribution < 1.29 is 9.59 Å². The lowest BCUT2D eigenvalue weighted by atomic mass is 10.1.